The van der Waals surface area contributed by atoms with Gasteiger partial charge in [-0.3, -0.25) is 4.72 Å². The van der Waals surface area contributed by atoms with Crippen LogP contribution in [0.3, 0.4) is 0 Å². The first-order chi connectivity index (χ1) is 9.83. The van der Waals surface area contributed by atoms with E-state index in [0.29, 0.717) is 22.0 Å². The molecule has 0 aliphatic heterocycles. The molecule has 0 aromatic heterocycles. The van der Waals surface area contributed by atoms with Crippen molar-refractivity contribution in [2.24, 2.45) is 0 Å². The van der Waals surface area contributed by atoms with Gasteiger partial charge in [0.25, 0.3) is 10.0 Å². The summed E-state index contributed by atoms with van der Waals surface area (Å²) in [6.07, 6.45) is 0. The second-order valence-electron chi connectivity index (χ2n) is 4.70. The highest BCUT2D eigenvalue weighted by Crippen LogP contribution is 2.27. The van der Waals surface area contributed by atoms with Crippen LogP contribution in [0.25, 0.3) is 0 Å². The molecule has 112 valence electrons. The van der Waals surface area contributed by atoms with E-state index in [9.17, 15) is 8.42 Å². The van der Waals surface area contributed by atoms with E-state index in [0.717, 1.165) is 5.56 Å². The van der Waals surface area contributed by atoms with Crippen molar-refractivity contribution in [3.63, 3.8) is 0 Å². The summed E-state index contributed by atoms with van der Waals surface area (Å²) in [5.74, 6) is 0.665. The molecule has 1 N–H and O–H groups in total. The Morgan fingerprint density at radius 3 is 2.24 bits per heavy atom. The number of aryl methyl sites for hydroxylation is 2. The molecule has 0 spiro atoms. The van der Waals surface area contributed by atoms with Crippen LogP contribution in [0.5, 0.6) is 5.75 Å². The van der Waals surface area contributed by atoms with Gasteiger partial charge in [0.1, 0.15) is 5.75 Å². The van der Waals surface area contributed by atoms with Crippen LogP contribution in [0.2, 0.25) is 5.02 Å². The van der Waals surface area contributed by atoms with Gasteiger partial charge in [0.05, 0.1) is 12.0 Å². The third-order valence-corrected chi connectivity index (χ3v) is 4.85. The quantitative estimate of drug-likeness (QED) is 0.931. The van der Waals surface area contributed by atoms with Crippen molar-refractivity contribution in [1.82, 2.24) is 0 Å². The van der Waals surface area contributed by atoms with E-state index in [1.165, 1.54) is 0 Å². The van der Waals surface area contributed by atoms with Crippen molar-refractivity contribution in [3.05, 3.63) is 52.5 Å². The lowest BCUT2D eigenvalue weighted by Gasteiger charge is -2.13. The van der Waals surface area contributed by atoms with Gasteiger partial charge in [-0.05, 0) is 61.4 Å². The SMILES string of the molecule is COc1cc(C)c(S(=O)(=O)Nc2ccc(Cl)cc2)cc1C. The first-order valence-electron chi connectivity index (χ1n) is 6.27. The molecule has 0 saturated carbocycles. The Morgan fingerprint density at radius 1 is 1.05 bits per heavy atom. The fourth-order valence-electron chi connectivity index (χ4n) is 2.00. The number of ether oxygens (including phenoxy) is 1. The average Bonchev–Trinajstić information content (AvgIpc) is 2.43. The number of hydrogen-bond acceptors (Lipinski definition) is 3. The molecule has 0 bridgehead atoms. The van der Waals surface area contributed by atoms with Crippen LogP contribution in [-0.2, 0) is 10.0 Å². The smallest absolute Gasteiger partial charge is 0.262 e. The molecule has 0 fully saturated rings. The van der Waals surface area contributed by atoms with Gasteiger partial charge in [0.15, 0.2) is 0 Å². The number of nitrogens with one attached hydrogen (secondary N) is 1. The number of anilines is 1. The highest BCUT2D eigenvalue weighted by molar-refractivity contribution is 7.92. The largest absolute Gasteiger partial charge is 0.496 e. The third-order valence-electron chi connectivity index (χ3n) is 3.08. The van der Waals surface area contributed by atoms with E-state index in [1.54, 1.807) is 57.4 Å². The summed E-state index contributed by atoms with van der Waals surface area (Å²) in [4.78, 5) is 0.232. The first-order valence-corrected chi connectivity index (χ1v) is 8.13. The van der Waals surface area contributed by atoms with Gasteiger partial charge >= 0.3 is 0 Å². The molecular weight excluding hydrogens is 310 g/mol. The van der Waals surface area contributed by atoms with Gasteiger partial charge in [0.2, 0.25) is 0 Å². The van der Waals surface area contributed by atoms with Crippen LogP contribution in [0.4, 0.5) is 5.69 Å². The Morgan fingerprint density at radius 2 is 1.67 bits per heavy atom. The summed E-state index contributed by atoms with van der Waals surface area (Å²) >= 11 is 5.79. The van der Waals surface area contributed by atoms with Crippen LogP contribution in [-0.4, -0.2) is 15.5 Å². The fourth-order valence-corrected chi connectivity index (χ4v) is 3.50. The topological polar surface area (TPSA) is 55.4 Å². The number of sulfonamides is 1. The van der Waals surface area contributed by atoms with E-state index >= 15 is 0 Å². The second kappa shape index (κ2) is 5.95. The average molecular weight is 326 g/mol. The van der Waals surface area contributed by atoms with Gasteiger partial charge in [-0.1, -0.05) is 11.6 Å². The third kappa shape index (κ3) is 3.49. The van der Waals surface area contributed by atoms with Crippen molar-refractivity contribution < 1.29 is 13.2 Å². The Bertz CT molecular complexity index is 755. The minimum absolute atomic E-state index is 0.232. The fraction of sp³-hybridized carbons (Fsp3) is 0.200. The molecule has 2 rings (SSSR count). The number of methoxy groups -OCH3 is 1. The Kier molecular flexibility index (Phi) is 4.44. The molecule has 0 unspecified atom stereocenters. The van der Waals surface area contributed by atoms with E-state index in [4.69, 9.17) is 16.3 Å². The molecular formula is C15H16ClNO3S. The Hall–Kier alpha value is -1.72. The number of hydrogen-bond donors (Lipinski definition) is 1. The predicted octanol–water partition coefficient (Wildman–Crippen LogP) is 3.77. The molecule has 0 radical (unpaired) electrons. The normalized spacial score (nSPS) is 11.2. The van der Waals surface area contributed by atoms with E-state index in [2.05, 4.69) is 4.72 Å². The number of rotatable bonds is 4. The molecule has 0 saturated heterocycles. The van der Waals surface area contributed by atoms with E-state index in [-0.39, 0.29) is 4.90 Å². The van der Waals surface area contributed by atoms with Crippen molar-refractivity contribution >= 4 is 27.3 Å². The highest BCUT2D eigenvalue weighted by atomic mass is 35.5. The summed E-state index contributed by atoms with van der Waals surface area (Å²) in [6, 6.07) is 9.81. The number of halogens is 1. The molecule has 0 aliphatic rings. The minimum Gasteiger partial charge on any atom is -0.496 e. The van der Waals surface area contributed by atoms with E-state index < -0.39 is 10.0 Å². The highest BCUT2D eigenvalue weighted by Gasteiger charge is 2.18. The Labute approximate surface area is 129 Å². The second-order valence-corrected chi connectivity index (χ2v) is 6.79. The maximum Gasteiger partial charge on any atom is 0.262 e. The van der Waals surface area contributed by atoms with Crippen molar-refractivity contribution in [3.8, 4) is 5.75 Å². The van der Waals surface area contributed by atoms with Crippen LogP contribution in [0.15, 0.2) is 41.3 Å². The molecule has 0 amide bonds. The summed E-state index contributed by atoms with van der Waals surface area (Å²) in [5.41, 5.74) is 1.85. The zero-order valence-electron chi connectivity index (χ0n) is 12.0. The van der Waals surface area contributed by atoms with E-state index in [1.807, 2.05) is 0 Å². The minimum atomic E-state index is -3.65. The molecule has 21 heavy (non-hydrogen) atoms. The number of benzene rings is 2. The maximum atomic E-state index is 12.5. The lowest BCUT2D eigenvalue weighted by atomic mass is 10.1. The summed E-state index contributed by atoms with van der Waals surface area (Å²) in [7, 11) is -2.10. The van der Waals surface area contributed by atoms with Crippen molar-refractivity contribution in [2.45, 2.75) is 18.7 Å². The zero-order chi connectivity index (χ0) is 15.6. The van der Waals surface area contributed by atoms with Gasteiger partial charge < -0.3 is 4.74 Å². The summed E-state index contributed by atoms with van der Waals surface area (Å²) in [6.45, 7) is 3.54. The predicted molar refractivity (Wildman–Crippen MR) is 84.7 cm³/mol. The lowest BCUT2D eigenvalue weighted by Crippen LogP contribution is -2.14. The van der Waals surface area contributed by atoms with Gasteiger partial charge in [-0.25, -0.2) is 8.42 Å². The monoisotopic (exact) mass is 325 g/mol. The Balaban J connectivity index is 2.40. The molecule has 2 aromatic carbocycles. The molecule has 0 heterocycles. The first kappa shape index (κ1) is 15.7. The molecule has 2 aromatic rings. The lowest BCUT2D eigenvalue weighted by molar-refractivity contribution is 0.411. The van der Waals surface area contributed by atoms with Crippen LogP contribution >= 0.6 is 11.6 Å². The summed E-state index contributed by atoms with van der Waals surface area (Å²) < 4.78 is 32.7. The van der Waals surface area contributed by atoms with Gasteiger partial charge in [-0.15, -0.1) is 0 Å². The molecule has 0 atom stereocenters. The van der Waals surface area contributed by atoms with Gasteiger partial charge in [-0.2, -0.15) is 0 Å². The van der Waals surface area contributed by atoms with Crippen molar-refractivity contribution in [2.75, 3.05) is 11.8 Å². The van der Waals surface area contributed by atoms with Gasteiger partial charge in [0, 0.05) is 10.7 Å². The van der Waals surface area contributed by atoms with Crippen LogP contribution in [0, 0.1) is 13.8 Å². The molecule has 6 heteroatoms. The standard InChI is InChI=1S/C15H16ClNO3S/c1-10-9-15(11(2)8-14(10)20-3)21(18,19)17-13-6-4-12(16)5-7-13/h4-9,17H,1-3H3. The molecule has 0 aliphatic carbocycles. The van der Waals surface area contributed by atoms with Crippen molar-refractivity contribution in [1.29, 1.82) is 0 Å². The van der Waals surface area contributed by atoms with Crippen LogP contribution in [0.1, 0.15) is 11.1 Å². The zero-order valence-corrected chi connectivity index (χ0v) is 13.5. The molecule has 4 nitrogen and oxygen atoms in total. The summed E-state index contributed by atoms with van der Waals surface area (Å²) in [5, 5.41) is 0.550. The maximum absolute atomic E-state index is 12.5. The van der Waals surface area contributed by atoms with Crippen LogP contribution < -0.4 is 9.46 Å².